The molecule has 0 radical (unpaired) electrons. The van der Waals surface area contributed by atoms with Crippen molar-refractivity contribution in [1.82, 2.24) is 14.8 Å². The van der Waals surface area contributed by atoms with E-state index in [1.165, 1.54) is 0 Å². The second-order valence-electron chi connectivity index (χ2n) is 5.64. The van der Waals surface area contributed by atoms with Crippen molar-refractivity contribution in [3.8, 4) is 17.1 Å². The van der Waals surface area contributed by atoms with Crippen LogP contribution in [0.1, 0.15) is 5.56 Å². The molecule has 3 rings (SSSR count). The molecular formula is C19H21N3O3. The minimum absolute atomic E-state index is 0.207. The van der Waals surface area contributed by atoms with E-state index in [1.807, 2.05) is 54.6 Å². The first-order chi connectivity index (χ1) is 12.3. The summed E-state index contributed by atoms with van der Waals surface area (Å²) in [6.45, 7) is 0.915. The summed E-state index contributed by atoms with van der Waals surface area (Å²) in [5.41, 5.74) is 1.90. The van der Waals surface area contributed by atoms with Gasteiger partial charge in [-0.15, -0.1) is 0 Å². The van der Waals surface area contributed by atoms with Crippen LogP contribution in [0.25, 0.3) is 11.4 Å². The van der Waals surface area contributed by atoms with Crippen molar-refractivity contribution in [2.24, 2.45) is 0 Å². The van der Waals surface area contributed by atoms with Gasteiger partial charge in [0.25, 0.3) is 0 Å². The first-order valence-electron chi connectivity index (χ1n) is 8.09. The third-order valence-corrected chi connectivity index (χ3v) is 3.73. The number of ether oxygens (including phenoxy) is 2. The van der Waals surface area contributed by atoms with E-state index in [0.29, 0.717) is 19.0 Å². The summed E-state index contributed by atoms with van der Waals surface area (Å²) in [5.74, 6) is 1.42. The molecule has 0 aliphatic rings. The Balaban J connectivity index is 1.50. The van der Waals surface area contributed by atoms with E-state index < -0.39 is 6.10 Å². The second kappa shape index (κ2) is 8.41. The van der Waals surface area contributed by atoms with Crippen LogP contribution in [0, 0.1) is 0 Å². The van der Waals surface area contributed by atoms with Crippen LogP contribution >= 0.6 is 0 Å². The maximum absolute atomic E-state index is 10.1. The van der Waals surface area contributed by atoms with Gasteiger partial charge in [-0.05, 0) is 6.07 Å². The van der Waals surface area contributed by atoms with E-state index >= 15 is 0 Å². The molecule has 1 aromatic heterocycles. The predicted octanol–water partition coefficient (Wildman–Crippen LogP) is 2.53. The monoisotopic (exact) mass is 339 g/mol. The molecule has 0 bridgehead atoms. The van der Waals surface area contributed by atoms with Gasteiger partial charge in [-0.1, -0.05) is 48.5 Å². The van der Waals surface area contributed by atoms with Crippen molar-refractivity contribution in [3.63, 3.8) is 0 Å². The van der Waals surface area contributed by atoms with Gasteiger partial charge in [0.15, 0.2) is 5.82 Å². The van der Waals surface area contributed by atoms with Gasteiger partial charge in [0.05, 0.1) is 33.0 Å². The Kier molecular flexibility index (Phi) is 5.77. The van der Waals surface area contributed by atoms with Crippen LogP contribution in [-0.2, 0) is 17.9 Å². The van der Waals surface area contributed by atoms with Crippen LogP contribution in [0.2, 0.25) is 0 Å². The third-order valence-electron chi connectivity index (χ3n) is 3.73. The standard InChI is InChI=1S/C19H21N3O3/c1-24-18-10-6-5-9-16(18)12-25-13-17(23)11-22-14-20-19(21-22)15-7-3-2-4-8-15/h2-10,14,17,23H,11-13H2,1H3. The molecule has 1 unspecified atom stereocenters. The molecule has 1 heterocycles. The van der Waals surface area contributed by atoms with E-state index in [9.17, 15) is 5.11 Å². The van der Waals surface area contributed by atoms with E-state index in [2.05, 4.69) is 10.1 Å². The summed E-state index contributed by atoms with van der Waals surface area (Å²) in [7, 11) is 1.63. The Hall–Kier alpha value is -2.70. The quantitative estimate of drug-likeness (QED) is 0.683. The summed E-state index contributed by atoms with van der Waals surface area (Å²) in [6, 6.07) is 17.4. The zero-order chi connectivity index (χ0) is 17.5. The van der Waals surface area contributed by atoms with Gasteiger partial charge in [-0.3, -0.25) is 0 Å². The molecule has 0 saturated heterocycles. The Morgan fingerprint density at radius 1 is 1.08 bits per heavy atom. The SMILES string of the molecule is COc1ccccc1COCC(O)Cn1cnc(-c2ccccc2)n1. The maximum Gasteiger partial charge on any atom is 0.181 e. The van der Waals surface area contributed by atoms with Crippen molar-refractivity contribution in [3.05, 3.63) is 66.5 Å². The molecule has 0 aliphatic carbocycles. The Labute approximate surface area is 146 Å². The Morgan fingerprint density at radius 2 is 1.84 bits per heavy atom. The topological polar surface area (TPSA) is 69.4 Å². The lowest BCUT2D eigenvalue weighted by Gasteiger charge is -2.12. The molecule has 0 aliphatic heterocycles. The molecular weight excluding hydrogens is 318 g/mol. The fourth-order valence-electron chi connectivity index (χ4n) is 2.50. The highest BCUT2D eigenvalue weighted by Gasteiger charge is 2.10. The largest absolute Gasteiger partial charge is 0.496 e. The number of aliphatic hydroxyl groups excluding tert-OH is 1. The number of nitrogens with zero attached hydrogens (tertiary/aromatic N) is 3. The van der Waals surface area contributed by atoms with Crippen molar-refractivity contribution in [2.45, 2.75) is 19.3 Å². The van der Waals surface area contributed by atoms with E-state index in [1.54, 1.807) is 18.1 Å². The van der Waals surface area contributed by atoms with E-state index in [4.69, 9.17) is 9.47 Å². The number of hydrogen-bond donors (Lipinski definition) is 1. The third kappa shape index (κ3) is 4.65. The maximum atomic E-state index is 10.1. The smallest absolute Gasteiger partial charge is 0.181 e. The van der Waals surface area contributed by atoms with Gasteiger partial charge in [-0.2, -0.15) is 5.10 Å². The number of aliphatic hydroxyl groups is 1. The molecule has 0 saturated carbocycles. The summed E-state index contributed by atoms with van der Waals surface area (Å²) in [5, 5.41) is 14.5. The van der Waals surface area contributed by atoms with Crippen LogP contribution in [-0.4, -0.2) is 39.7 Å². The number of para-hydroxylation sites is 1. The van der Waals surface area contributed by atoms with Crippen LogP contribution in [0.5, 0.6) is 5.75 Å². The molecule has 1 N–H and O–H groups in total. The molecule has 0 fully saturated rings. The highest BCUT2D eigenvalue weighted by molar-refractivity contribution is 5.53. The number of aromatic nitrogens is 3. The molecule has 3 aromatic rings. The van der Waals surface area contributed by atoms with Gasteiger partial charge in [0, 0.05) is 11.1 Å². The molecule has 1 atom stereocenters. The lowest BCUT2D eigenvalue weighted by Crippen LogP contribution is -2.22. The van der Waals surface area contributed by atoms with Crippen LogP contribution < -0.4 is 4.74 Å². The summed E-state index contributed by atoms with van der Waals surface area (Å²) >= 11 is 0. The molecule has 6 nitrogen and oxygen atoms in total. The van der Waals surface area contributed by atoms with Gasteiger partial charge in [-0.25, -0.2) is 9.67 Å². The molecule has 25 heavy (non-hydrogen) atoms. The van der Waals surface area contributed by atoms with Crippen molar-refractivity contribution in [2.75, 3.05) is 13.7 Å². The molecule has 0 amide bonds. The van der Waals surface area contributed by atoms with E-state index in [-0.39, 0.29) is 6.61 Å². The zero-order valence-corrected chi connectivity index (χ0v) is 14.1. The van der Waals surface area contributed by atoms with Crippen molar-refractivity contribution >= 4 is 0 Å². The number of rotatable bonds is 8. The predicted molar refractivity (Wildman–Crippen MR) is 94.1 cm³/mol. The number of hydrogen-bond acceptors (Lipinski definition) is 5. The first-order valence-corrected chi connectivity index (χ1v) is 8.09. The number of methoxy groups -OCH3 is 1. The van der Waals surface area contributed by atoms with Crippen LogP contribution in [0.4, 0.5) is 0 Å². The molecule has 2 aromatic carbocycles. The van der Waals surface area contributed by atoms with Gasteiger partial charge < -0.3 is 14.6 Å². The second-order valence-corrected chi connectivity index (χ2v) is 5.64. The van der Waals surface area contributed by atoms with Gasteiger partial charge in [0.2, 0.25) is 0 Å². The van der Waals surface area contributed by atoms with Gasteiger partial charge >= 0.3 is 0 Å². The minimum Gasteiger partial charge on any atom is -0.496 e. The summed E-state index contributed by atoms with van der Waals surface area (Å²) in [4.78, 5) is 4.27. The normalized spacial score (nSPS) is 12.1. The molecule has 0 spiro atoms. The Bertz CT molecular complexity index is 789. The lowest BCUT2D eigenvalue weighted by atomic mass is 10.2. The van der Waals surface area contributed by atoms with Crippen molar-refractivity contribution in [1.29, 1.82) is 0 Å². The van der Waals surface area contributed by atoms with Crippen LogP contribution in [0.15, 0.2) is 60.9 Å². The lowest BCUT2D eigenvalue weighted by molar-refractivity contribution is 0.0181. The van der Waals surface area contributed by atoms with Crippen molar-refractivity contribution < 1.29 is 14.6 Å². The average Bonchev–Trinajstić information content (AvgIpc) is 3.11. The molecule has 6 heteroatoms. The summed E-state index contributed by atoms with van der Waals surface area (Å²) < 4.78 is 12.5. The molecule has 130 valence electrons. The Morgan fingerprint density at radius 3 is 2.64 bits per heavy atom. The van der Waals surface area contributed by atoms with Gasteiger partial charge in [0.1, 0.15) is 12.1 Å². The number of benzene rings is 2. The average molecular weight is 339 g/mol. The highest BCUT2D eigenvalue weighted by Crippen LogP contribution is 2.18. The first kappa shape index (κ1) is 17.1. The van der Waals surface area contributed by atoms with E-state index in [0.717, 1.165) is 16.9 Å². The minimum atomic E-state index is -0.667. The van der Waals surface area contributed by atoms with Crippen LogP contribution in [0.3, 0.4) is 0 Å². The fraction of sp³-hybridized carbons (Fsp3) is 0.263. The fourth-order valence-corrected chi connectivity index (χ4v) is 2.50. The zero-order valence-electron chi connectivity index (χ0n) is 14.1. The summed E-state index contributed by atoms with van der Waals surface area (Å²) in [6.07, 6.45) is 0.950. The highest BCUT2D eigenvalue weighted by atomic mass is 16.5.